The fraction of sp³-hybridized carbons (Fsp3) is 0.700. The quantitative estimate of drug-likeness (QED) is 0.846. The van der Waals surface area contributed by atoms with Crippen LogP contribution in [-0.2, 0) is 11.3 Å². The third kappa shape index (κ3) is 2.90. The van der Waals surface area contributed by atoms with Gasteiger partial charge in [-0.25, -0.2) is 4.98 Å². The molecule has 5 heteroatoms. The van der Waals surface area contributed by atoms with E-state index in [1.807, 2.05) is 6.20 Å². The summed E-state index contributed by atoms with van der Waals surface area (Å²) in [4.78, 5) is 7.74. The van der Waals surface area contributed by atoms with Gasteiger partial charge in [0, 0.05) is 37.8 Å². The summed E-state index contributed by atoms with van der Waals surface area (Å²) in [5.74, 6) is 0. The second kappa shape index (κ2) is 4.92. The summed E-state index contributed by atoms with van der Waals surface area (Å²) in [6, 6.07) is 0. The maximum atomic E-state index is 5.60. The predicted molar refractivity (Wildman–Crippen MR) is 61.8 cm³/mol. The third-order valence-electron chi connectivity index (χ3n) is 2.82. The first kappa shape index (κ1) is 10.9. The van der Waals surface area contributed by atoms with Gasteiger partial charge in [0.05, 0.1) is 6.10 Å². The van der Waals surface area contributed by atoms with Gasteiger partial charge in [-0.3, -0.25) is 4.90 Å². The van der Waals surface area contributed by atoms with Gasteiger partial charge in [0.15, 0.2) is 5.13 Å². The zero-order valence-electron chi connectivity index (χ0n) is 8.98. The average Bonchev–Trinajstić information content (AvgIpc) is 2.65. The molecule has 0 atom stereocenters. The molecular formula is C10H17N3OS. The number of anilines is 1. The summed E-state index contributed by atoms with van der Waals surface area (Å²) in [7, 11) is 1.80. The number of thiazole rings is 1. The van der Waals surface area contributed by atoms with Crippen LogP contribution in [0.25, 0.3) is 0 Å². The van der Waals surface area contributed by atoms with E-state index in [4.69, 9.17) is 10.5 Å². The van der Waals surface area contributed by atoms with Gasteiger partial charge in [0.2, 0.25) is 0 Å². The Labute approximate surface area is 94.1 Å². The number of aromatic nitrogens is 1. The van der Waals surface area contributed by atoms with E-state index >= 15 is 0 Å². The molecule has 0 aromatic carbocycles. The van der Waals surface area contributed by atoms with Crippen molar-refractivity contribution in [3.8, 4) is 0 Å². The zero-order valence-corrected chi connectivity index (χ0v) is 9.80. The van der Waals surface area contributed by atoms with E-state index in [0.29, 0.717) is 11.2 Å². The minimum Gasteiger partial charge on any atom is -0.381 e. The van der Waals surface area contributed by atoms with E-state index in [1.54, 1.807) is 18.4 Å². The standard InChI is InChI=1S/C10H17N3OS/c1-14-8-2-4-13(5-3-8)7-9-6-12-10(11)15-9/h6,8H,2-5,7H2,1H3,(H2,11,12). The number of likely N-dealkylation sites (tertiary alicyclic amines) is 1. The maximum absolute atomic E-state index is 5.60. The molecule has 2 heterocycles. The molecule has 2 rings (SSSR count). The molecule has 1 saturated heterocycles. The molecule has 4 nitrogen and oxygen atoms in total. The molecule has 2 N–H and O–H groups in total. The monoisotopic (exact) mass is 227 g/mol. The maximum Gasteiger partial charge on any atom is 0.180 e. The first-order valence-electron chi connectivity index (χ1n) is 5.23. The molecular weight excluding hydrogens is 210 g/mol. The Bertz CT molecular complexity index is 307. The van der Waals surface area contributed by atoms with Crippen molar-refractivity contribution < 1.29 is 4.74 Å². The van der Waals surface area contributed by atoms with Gasteiger partial charge in [-0.05, 0) is 12.8 Å². The van der Waals surface area contributed by atoms with Gasteiger partial charge >= 0.3 is 0 Å². The Hall–Kier alpha value is -0.650. The van der Waals surface area contributed by atoms with Crippen LogP contribution in [0.5, 0.6) is 0 Å². The number of nitrogens with zero attached hydrogens (tertiary/aromatic N) is 2. The molecule has 0 bridgehead atoms. The topological polar surface area (TPSA) is 51.4 Å². The number of nitrogen functional groups attached to an aromatic ring is 1. The van der Waals surface area contributed by atoms with E-state index in [1.165, 1.54) is 4.88 Å². The van der Waals surface area contributed by atoms with Crippen LogP contribution < -0.4 is 5.73 Å². The van der Waals surface area contributed by atoms with Crippen LogP contribution in [0.1, 0.15) is 17.7 Å². The van der Waals surface area contributed by atoms with Crippen LogP contribution in [-0.4, -0.2) is 36.2 Å². The molecule has 1 aliphatic heterocycles. The lowest BCUT2D eigenvalue weighted by Gasteiger charge is -2.30. The van der Waals surface area contributed by atoms with Gasteiger partial charge in [-0.15, -0.1) is 11.3 Å². The fourth-order valence-electron chi connectivity index (χ4n) is 1.92. The van der Waals surface area contributed by atoms with Crippen molar-refractivity contribution in [3.63, 3.8) is 0 Å². The van der Waals surface area contributed by atoms with Gasteiger partial charge in [0.1, 0.15) is 0 Å². The molecule has 1 aromatic rings. The first-order chi connectivity index (χ1) is 7.28. The molecule has 0 aliphatic carbocycles. The fourth-order valence-corrected chi connectivity index (χ4v) is 2.65. The largest absolute Gasteiger partial charge is 0.381 e. The molecule has 0 saturated carbocycles. The average molecular weight is 227 g/mol. The van der Waals surface area contributed by atoms with Crippen molar-refractivity contribution in [2.24, 2.45) is 0 Å². The molecule has 0 spiro atoms. The molecule has 84 valence electrons. The molecule has 0 radical (unpaired) electrons. The first-order valence-corrected chi connectivity index (χ1v) is 6.05. The van der Waals surface area contributed by atoms with E-state index < -0.39 is 0 Å². The molecule has 15 heavy (non-hydrogen) atoms. The van der Waals surface area contributed by atoms with Crippen molar-refractivity contribution in [1.29, 1.82) is 0 Å². The highest BCUT2D eigenvalue weighted by molar-refractivity contribution is 7.15. The van der Waals surface area contributed by atoms with Crippen molar-refractivity contribution in [2.45, 2.75) is 25.5 Å². The lowest BCUT2D eigenvalue weighted by atomic mass is 10.1. The summed E-state index contributed by atoms with van der Waals surface area (Å²) >= 11 is 1.58. The number of rotatable bonds is 3. The third-order valence-corrected chi connectivity index (χ3v) is 3.63. The Morgan fingerprint density at radius 1 is 1.60 bits per heavy atom. The highest BCUT2D eigenvalue weighted by atomic mass is 32.1. The smallest absolute Gasteiger partial charge is 0.180 e. The zero-order chi connectivity index (χ0) is 10.7. The normalized spacial score (nSPS) is 19.5. The molecule has 1 aromatic heterocycles. The number of methoxy groups -OCH3 is 1. The summed E-state index contributed by atoms with van der Waals surface area (Å²) in [5.41, 5.74) is 5.60. The van der Waals surface area contributed by atoms with Gasteiger partial charge in [0.25, 0.3) is 0 Å². The van der Waals surface area contributed by atoms with Crippen molar-refractivity contribution in [2.75, 3.05) is 25.9 Å². The lowest BCUT2D eigenvalue weighted by molar-refractivity contribution is 0.0391. The van der Waals surface area contributed by atoms with Crippen LogP contribution in [0.3, 0.4) is 0 Å². The second-order valence-corrected chi connectivity index (χ2v) is 5.02. The number of ether oxygens (including phenoxy) is 1. The molecule has 0 amide bonds. The van der Waals surface area contributed by atoms with Crippen LogP contribution in [0.2, 0.25) is 0 Å². The van der Waals surface area contributed by atoms with E-state index in [9.17, 15) is 0 Å². The van der Waals surface area contributed by atoms with Crippen molar-refractivity contribution in [1.82, 2.24) is 9.88 Å². The Morgan fingerprint density at radius 2 is 2.33 bits per heavy atom. The van der Waals surface area contributed by atoms with Gasteiger partial charge in [-0.2, -0.15) is 0 Å². The Morgan fingerprint density at radius 3 is 2.87 bits per heavy atom. The van der Waals surface area contributed by atoms with Crippen molar-refractivity contribution >= 4 is 16.5 Å². The number of nitrogens with two attached hydrogens (primary N) is 1. The molecule has 1 fully saturated rings. The van der Waals surface area contributed by atoms with E-state index in [2.05, 4.69) is 9.88 Å². The summed E-state index contributed by atoms with van der Waals surface area (Å²) in [6.45, 7) is 3.19. The molecule has 0 unspecified atom stereocenters. The highest BCUT2D eigenvalue weighted by Crippen LogP contribution is 2.20. The minimum atomic E-state index is 0.452. The van der Waals surface area contributed by atoms with Crippen molar-refractivity contribution in [3.05, 3.63) is 11.1 Å². The predicted octanol–water partition coefficient (Wildman–Crippen LogP) is 1.34. The lowest BCUT2D eigenvalue weighted by Crippen LogP contribution is -2.35. The summed E-state index contributed by atoms with van der Waals surface area (Å²) in [6.07, 6.45) is 4.59. The summed E-state index contributed by atoms with van der Waals surface area (Å²) in [5, 5.41) is 0.664. The van der Waals surface area contributed by atoms with Gasteiger partial charge in [-0.1, -0.05) is 0 Å². The Kier molecular flexibility index (Phi) is 3.56. The van der Waals surface area contributed by atoms with Crippen LogP contribution in [0, 0.1) is 0 Å². The number of hydrogen-bond donors (Lipinski definition) is 1. The number of hydrogen-bond acceptors (Lipinski definition) is 5. The second-order valence-electron chi connectivity index (χ2n) is 3.88. The van der Waals surface area contributed by atoms with E-state index in [-0.39, 0.29) is 0 Å². The van der Waals surface area contributed by atoms with Crippen LogP contribution >= 0.6 is 11.3 Å². The van der Waals surface area contributed by atoms with Crippen LogP contribution in [0.4, 0.5) is 5.13 Å². The highest BCUT2D eigenvalue weighted by Gasteiger charge is 2.18. The molecule has 1 aliphatic rings. The number of piperidine rings is 1. The summed E-state index contributed by atoms with van der Waals surface area (Å²) < 4.78 is 5.34. The van der Waals surface area contributed by atoms with Crippen LogP contribution in [0.15, 0.2) is 6.20 Å². The minimum absolute atomic E-state index is 0.452. The SMILES string of the molecule is COC1CCN(Cc2cnc(N)s2)CC1. The Balaban J connectivity index is 1.82. The van der Waals surface area contributed by atoms with E-state index in [0.717, 1.165) is 32.5 Å². The van der Waals surface area contributed by atoms with Gasteiger partial charge < -0.3 is 10.5 Å².